The van der Waals surface area contributed by atoms with Gasteiger partial charge in [0.05, 0.1) is 12.2 Å². The van der Waals surface area contributed by atoms with Crippen LogP contribution in [0.1, 0.15) is 30.5 Å². The molecule has 0 atom stereocenters. The number of hydrogen-bond donors (Lipinski definition) is 0. The average Bonchev–Trinajstić information content (AvgIpc) is 3.50. The molecule has 1 aliphatic heterocycles. The van der Waals surface area contributed by atoms with Crippen molar-refractivity contribution in [1.82, 2.24) is 29.7 Å². The summed E-state index contributed by atoms with van der Waals surface area (Å²) in [7, 11) is 1.98. The number of aromatic nitrogens is 5. The molecule has 1 aliphatic rings. The second kappa shape index (κ2) is 7.63. The quantitative estimate of drug-likeness (QED) is 0.515. The van der Waals surface area contributed by atoms with E-state index in [2.05, 4.69) is 25.2 Å². The van der Waals surface area contributed by atoms with E-state index in [0.717, 1.165) is 43.1 Å². The second-order valence-corrected chi connectivity index (χ2v) is 7.39. The molecule has 8 heteroatoms. The highest BCUT2D eigenvalue weighted by Gasteiger charge is 2.26. The molecule has 0 N–H and O–H groups in total. The van der Waals surface area contributed by atoms with E-state index in [0.29, 0.717) is 24.1 Å². The van der Waals surface area contributed by atoms with Crippen LogP contribution in [0, 0.1) is 0 Å². The highest BCUT2D eigenvalue weighted by atomic mass is 16.5. The summed E-state index contributed by atoms with van der Waals surface area (Å²) in [5.41, 5.74) is 1.93. The Morgan fingerprint density at radius 2 is 1.72 bits per heavy atom. The molecule has 1 fully saturated rings. The van der Waals surface area contributed by atoms with E-state index in [-0.39, 0.29) is 5.92 Å². The highest BCUT2D eigenvalue weighted by molar-refractivity contribution is 5.53. The molecule has 8 nitrogen and oxygen atoms in total. The van der Waals surface area contributed by atoms with E-state index in [1.807, 2.05) is 60.3 Å². The van der Waals surface area contributed by atoms with E-state index in [1.165, 1.54) is 0 Å². The number of nitrogens with zero attached hydrogens (tertiary/aromatic N) is 6. The fourth-order valence-electron chi connectivity index (χ4n) is 3.75. The van der Waals surface area contributed by atoms with E-state index in [9.17, 15) is 0 Å². The monoisotopic (exact) mass is 390 g/mol. The summed E-state index contributed by atoms with van der Waals surface area (Å²) in [6, 6.07) is 13.8. The van der Waals surface area contributed by atoms with Gasteiger partial charge >= 0.3 is 0 Å². The Kier molecular flexibility index (Phi) is 4.69. The first-order chi connectivity index (χ1) is 14.3. The van der Waals surface area contributed by atoms with Crippen molar-refractivity contribution in [2.45, 2.75) is 25.3 Å². The largest absolute Gasteiger partial charge is 0.348 e. The summed E-state index contributed by atoms with van der Waals surface area (Å²) < 4.78 is 13.0. The molecule has 0 spiro atoms. The molecule has 0 amide bonds. The Morgan fingerprint density at radius 3 is 2.48 bits per heavy atom. The minimum absolute atomic E-state index is 0.287. The van der Waals surface area contributed by atoms with E-state index >= 15 is 0 Å². The highest BCUT2D eigenvalue weighted by Crippen LogP contribution is 2.29. The van der Waals surface area contributed by atoms with Gasteiger partial charge in [-0.25, -0.2) is 0 Å². The third kappa shape index (κ3) is 3.71. The lowest BCUT2D eigenvalue weighted by Crippen LogP contribution is -2.32. The Balaban J connectivity index is 1.19. The minimum Gasteiger partial charge on any atom is -0.348 e. The zero-order valence-corrected chi connectivity index (χ0v) is 16.2. The maximum absolute atomic E-state index is 5.55. The third-order valence-corrected chi connectivity index (χ3v) is 5.41. The van der Waals surface area contributed by atoms with Gasteiger partial charge in [-0.05, 0) is 38.1 Å². The lowest BCUT2D eigenvalue weighted by molar-refractivity contribution is 0.168. The van der Waals surface area contributed by atoms with Gasteiger partial charge in [-0.3, -0.25) is 4.90 Å². The van der Waals surface area contributed by atoms with Crippen molar-refractivity contribution in [2.75, 3.05) is 13.1 Å². The molecule has 1 aromatic carbocycles. The standard InChI is InChI=1S/C21H22N6O2/c1-26-11-5-8-17(26)20-23-21(29-25-20)16-9-12-27(13-10-16)14-18-22-19(24-28-18)15-6-3-2-4-7-15/h2-8,11,16H,9-10,12-14H2,1H3. The normalized spacial score (nSPS) is 15.8. The zero-order valence-electron chi connectivity index (χ0n) is 16.2. The van der Waals surface area contributed by atoms with Crippen LogP contribution in [0.2, 0.25) is 0 Å². The maximum atomic E-state index is 5.55. The fraction of sp³-hybridized carbons (Fsp3) is 0.333. The van der Waals surface area contributed by atoms with E-state index in [1.54, 1.807) is 0 Å². The molecule has 0 bridgehead atoms. The van der Waals surface area contributed by atoms with Crippen molar-refractivity contribution in [1.29, 1.82) is 0 Å². The first-order valence-corrected chi connectivity index (χ1v) is 9.82. The van der Waals surface area contributed by atoms with Crippen LogP contribution < -0.4 is 0 Å². The fourth-order valence-corrected chi connectivity index (χ4v) is 3.75. The smallest absolute Gasteiger partial charge is 0.241 e. The summed E-state index contributed by atoms with van der Waals surface area (Å²) in [4.78, 5) is 11.5. The molecule has 4 heterocycles. The van der Waals surface area contributed by atoms with Gasteiger partial charge in [0.25, 0.3) is 0 Å². The van der Waals surface area contributed by atoms with Crippen LogP contribution in [0.25, 0.3) is 22.9 Å². The molecule has 0 radical (unpaired) electrons. The van der Waals surface area contributed by atoms with Gasteiger partial charge in [-0.1, -0.05) is 40.6 Å². The average molecular weight is 390 g/mol. The Bertz CT molecular complexity index is 1080. The Labute approximate surface area is 168 Å². The predicted molar refractivity (Wildman–Crippen MR) is 106 cm³/mol. The summed E-state index contributed by atoms with van der Waals surface area (Å²) in [6.45, 7) is 2.51. The topological polar surface area (TPSA) is 86.0 Å². The zero-order chi connectivity index (χ0) is 19.6. The van der Waals surface area contributed by atoms with Gasteiger partial charge in [-0.15, -0.1) is 0 Å². The Hall–Kier alpha value is -3.26. The van der Waals surface area contributed by atoms with Crippen LogP contribution >= 0.6 is 0 Å². The first-order valence-electron chi connectivity index (χ1n) is 9.82. The van der Waals surface area contributed by atoms with Gasteiger partial charge in [0.2, 0.25) is 23.4 Å². The van der Waals surface area contributed by atoms with Gasteiger partial charge < -0.3 is 13.6 Å². The third-order valence-electron chi connectivity index (χ3n) is 5.41. The summed E-state index contributed by atoms with van der Waals surface area (Å²) in [6.07, 6.45) is 3.91. The molecule has 4 aromatic rings. The molecule has 148 valence electrons. The van der Waals surface area contributed by atoms with Crippen LogP contribution in [0.3, 0.4) is 0 Å². The second-order valence-electron chi connectivity index (χ2n) is 7.39. The number of aryl methyl sites for hydroxylation is 1. The summed E-state index contributed by atoms with van der Waals surface area (Å²) in [5.74, 6) is 2.94. The van der Waals surface area contributed by atoms with Crippen LogP contribution in [0.4, 0.5) is 0 Å². The van der Waals surface area contributed by atoms with Gasteiger partial charge in [-0.2, -0.15) is 9.97 Å². The van der Waals surface area contributed by atoms with Crippen molar-refractivity contribution in [3.05, 3.63) is 60.4 Å². The lowest BCUT2D eigenvalue weighted by Gasteiger charge is -2.28. The number of piperidine rings is 1. The number of hydrogen-bond acceptors (Lipinski definition) is 7. The van der Waals surface area contributed by atoms with Crippen LogP contribution in [-0.4, -0.2) is 42.8 Å². The number of rotatable bonds is 5. The molecular formula is C21H22N6O2. The number of benzene rings is 1. The molecule has 1 saturated heterocycles. The van der Waals surface area contributed by atoms with Gasteiger partial charge in [0.15, 0.2) is 0 Å². The molecule has 3 aromatic heterocycles. The van der Waals surface area contributed by atoms with E-state index < -0.39 is 0 Å². The van der Waals surface area contributed by atoms with Crippen molar-refractivity contribution >= 4 is 0 Å². The van der Waals surface area contributed by atoms with Crippen molar-refractivity contribution in [2.24, 2.45) is 7.05 Å². The van der Waals surface area contributed by atoms with E-state index in [4.69, 9.17) is 9.05 Å². The maximum Gasteiger partial charge on any atom is 0.241 e. The predicted octanol–water partition coefficient (Wildman–Crippen LogP) is 3.50. The summed E-state index contributed by atoms with van der Waals surface area (Å²) in [5, 5.41) is 8.26. The van der Waals surface area contributed by atoms with Crippen LogP contribution in [0.15, 0.2) is 57.7 Å². The molecule has 29 heavy (non-hydrogen) atoms. The lowest BCUT2D eigenvalue weighted by atomic mass is 9.97. The van der Waals surface area contributed by atoms with Gasteiger partial charge in [0.1, 0.15) is 0 Å². The molecule has 0 aliphatic carbocycles. The first kappa shape index (κ1) is 17.8. The molecule has 0 saturated carbocycles. The molecule has 5 rings (SSSR count). The number of likely N-dealkylation sites (tertiary alicyclic amines) is 1. The van der Waals surface area contributed by atoms with Crippen molar-refractivity contribution in [3.63, 3.8) is 0 Å². The SMILES string of the molecule is Cn1cccc1-c1noc(C2CCN(Cc3nc(-c4ccccc4)no3)CC2)n1. The summed E-state index contributed by atoms with van der Waals surface area (Å²) >= 11 is 0. The minimum atomic E-state index is 0.287. The van der Waals surface area contributed by atoms with Crippen molar-refractivity contribution < 1.29 is 9.05 Å². The Morgan fingerprint density at radius 1 is 0.931 bits per heavy atom. The van der Waals surface area contributed by atoms with Crippen molar-refractivity contribution in [3.8, 4) is 22.9 Å². The molecular weight excluding hydrogens is 368 g/mol. The van der Waals surface area contributed by atoms with Gasteiger partial charge in [0, 0.05) is 24.7 Å². The van der Waals surface area contributed by atoms with Crippen LogP contribution in [0.5, 0.6) is 0 Å². The molecule has 0 unspecified atom stereocenters. The van der Waals surface area contributed by atoms with Crippen LogP contribution in [-0.2, 0) is 13.6 Å².